The van der Waals surface area contributed by atoms with Crippen LogP contribution in [-0.2, 0) is 13.3 Å². The van der Waals surface area contributed by atoms with E-state index in [1.807, 2.05) is 20.8 Å². The van der Waals surface area contributed by atoms with Gasteiger partial charge in [0, 0.05) is 25.9 Å². The summed E-state index contributed by atoms with van der Waals surface area (Å²) in [5, 5.41) is 0. The minimum atomic E-state index is -2.36. The maximum absolute atomic E-state index is 5.83. The summed E-state index contributed by atoms with van der Waals surface area (Å²) < 4.78 is 21.2. The van der Waals surface area contributed by atoms with Crippen molar-refractivity contribution in [1.82, 2.24) is 4.65 Å². The highest BCUT2D eigenvalue weighted by molar-refractivity contribution is 6.90. The van der Waals surface area contributed by atoms with E-state index in [9.17, 15) is 0 Å². The maximum atomic E-state index is 5.83. The van der Waals surface area contributed by atoms with Crippen LogP contribution in [0.2, 0.25) is 45.3 Å². The summed E-state index contributed by atoms with van der Waals surface area (Å²) in [5.41, 5.74) is 0. The summed E-state index contributed by atoms with van der Waals surface area (Å²) in [6, 6.07) is 0.967. The fraction of sp³-hybridized carbons (Fsp3) is 1.00. The van der Waals surface area contributed by atoms with Crippen molar-refractivity contribution >= 4 is 25.3 Å². The Kier molecular flexibility index (Phi) is 17.9. The van der Waals surface area contributed by atoms with E-state index in [2.05, 4.69) is 50.9 Å². The SMILES string of the molecule is CCCCCCCC[Si](OCC)(OCC)OCC.C[Si](C)(C)N[Si](C)(C)C. The molecule has 0 aromatic carbocycles. The van der Waals surface area contributed by atoms with Crippen molar-refractivity contribution in [2.75, 3.05) is 19.8 Å². The highest BCUT2D eigenvalue weighted by Gasteiger charge is 2.39. The third-order valence-corrected chi connectivity index (χ3v) is 12.8. The van der Waals surface area contributed by atoms with Crippen LogP contribution in [0.25, 0.3) is 0 Å². The Hall–Kier alpha value is 0.491. The predicted molar refractivity (Wildman–Crippen MR) is 129 cm³/mol. The number of unbranched alkanes of at least 4 members (excludes halogenated alkanes) is 5. The molecule has 1 N–H and O–H groups in total. The first-order chi connectivity index (χ1) is 12.4. The quantitative estimate of drug-likeness (QED) is 0.230. The van der Waals surface area contributed by atoms with Gasteiger partial charge in [-0.1, -0.05) is 78.3 Å². The van der Waals surface area contributed by atoms with Crippen molar-refractivity contribution in [3.63, 3.8) is 0 Å². The lowest BCUT2D eigenvalue weighted by molar-refractivity contribution is 0.0706. The molecule has 0 saturated carbocycles. The van der Waals surface area contributed by atoms with E-state index in [-0.39, 0.29) is 0 Å². The predicted octanol–water partition coefficient (Wildman–Crippen LogP) is 6.64. The second-order valence-corrected chi connectivity index (χ2v) is 21.9. The van der Waals surface area contributed by atoms with Crippen molar-refractivity contribution in [1.29, 1.82) is 0 Å². The van der Waals surface area contributed by atoms with Gasteiger partial charge in [-0.25, -0.2) is 0 Å². The van der Waals surface area contributed by atoms with Crippen LogP contribution >= 0.6 is 0 Å². The Labute approximate surface area is 174 Å². The molecule has 0 aliphatic heterocycles. The first-order valence-electron chi connectivity index (χ1n) is 11.2. The van der Waals surface area contributed by atoms with Crippen molar-refractivity contribution in [2.45, 2.75) is 112 Å². The van der Waals surface area contributed by atoms with Gasteiger partial charge >= 0.3 is 8.80 Å². The summed E-state index contributed by atoms with van der Waals surface area (Å²) in [7, 11) is -4.33. The molecule has 0 radical (unpaired) electrons. The molecule has 0 aliphatic carbocycles. The Balaban J connectivity index is 0. The Bertz CT molecular complexity index is 302. The van der Waals surface area contributed by atoms with Crippen LogP contribution in [-0.4, -0.2) is 45.1 Å². The third kappa shape index (κ3) is 21.0. The largest absolute Gasteiger partial charge is 0.500 e. The molecule has 0 saturated heterocycles. The van der Waals surface area contributed by atoms with Gasteiger partial charge in [0.1, 0.15) is 16.5 Å². The lowest BCUT2D eigenvalue weighted by Crippen LogP contribution is -2.55. The van der Waals surface area contributed by atoms with Crippen LogP contribution in [0.4, 0.5) is 0 Å². The normalized spacial score (nSPS) is 12.7. The second kappa shape index (κ2) is 16.3. The number of rotatable bonds is 15. The fourth-order valence-corrected chi connectivity index (χ4v) is 14.9. The summed E-state index contributed by atoms with van der Waals surface area (Å²) in [4.78, 5) is 0. The molecule has 0 aromatic heterocycles. The minimum Gasteiger partial charge on any atom is -0.374 e. The number of hydrogen-bond acceptors (Lipinski definition) is 4. The average molecular weight is 438 g/mol. The Morgan fingerprint density at radius 2 is 0.926 bits per heavy atom. The zero-order valence-electron chi connectivity index (χ0n) is 20.3. The summed E-state index contributed by atoms with van der Waals surface area (Å²) in [5.74, 6) is 0. The molecule has 7 heteroatoms. The van der Waals surface area contributed by atoms with Crippen molar-refractivity contribution in [2.24, 2.45) is 0 Å². The molecule has 0 rings (SSSR count). The van der Waals surface area contributed by atoms with Crippen LogP contribution in [0.15, 0.2) is 0 Å². The van der Waals surface area contributed by atoms with Crippen LogP contribution in [0.3, 0.4) is 0 Å². The van der Waals surface area contributed by atoms with E-state index >= 15 is 0 Å². The van der Waals surface area contributed by atoms with E-state index in [0.717, 1.165) is 12.5 Å². The fourth-order valence-electron chi connectivity index (χ4n) is 3.25. The van der Waals surface area contributed by atoms with Crippen LogP contribution in [0.5, 0.6) is 0 Å². The van der Waals surface area contributed by atoms with E-state index < -0.39 is 25.3 Å². The van der Waals surface area contributed by atoms with Crippen molar-refractivity contribution in [3.05, 3.63) is 0 Å². The standard InChI is InChI=1S/C14H32O3Si.C6H19NSi2/c1-5-9-10-11-12-13-14-18(15-6-2,16-7-3)17-8-4;1-8(2,3)7-9(4,5)6/h5-14H2,1-4H3;7H,1-6H3. The van der Waals surface area contributed by atoms with Gasteiger partial charge in [-0.05, 0) is 27.2 Å². The van der Waals surface area contributed by atoms with Crippen LogP contribution in [0, 0.1) is 0 Å². The molecule has 0 amide bonds. The first-order valence-corrected chi connectivity index (χ1v) is 20.1. The maximum Gasteiger partial charge on any atom is 0.500 e. The lowest BCUT2D eigenvalue weighted by atomic mass is 10.1. The van der Waals surface area contributed by atoms with Gasteiger partial charge in [-0.2, -0.15) is 0 Å². The van der Waals surface area contributed by atoms with Crippen LogP contribution in [0.1, 0.15) is 66.2 Å². The van der Waals surface area contributed by atoms with Crippen LogP contribution < -0.4 is 4.65 Å². The monoisotopic (exact) mass is 437 g/mol. The molecule has 0 fully saturated rings. The van der Waals surface area contributed by atoms with Gasteiger partial charge in [-0.3, -0.25) is 0 Å². The third-order valence-electron chi connectivity index (χ3n) is 3.68. The molecule has 0 unspecified atom stereocenters. The van der Waals surface area contributed by atoms with Gasteiger partial charge in [-0.15, -0.1) is 0 Å². The summed E-state index contributed by atoms with van der Waals surface area (Å²) >= 11 is 0. The van der Waals surface area contributed by atoms with E-state index in [4.69, 9.17) is 13.3 Å². The minimum absolute atomic E-state index is 0.683. The molecule has 166 valence electrons. The van der Waals surface area contributed by atoms with Gasteiger partial charge in [0.2, 0.25) is 0 Å². The summed E-state index contributed by atoms with van der Waals surface area (Å²) in [6.07, 6.45) is 7.75. The molecule has 0 spiro atoms. The number of nitrogens with one attached hydrogen (secondary N) is 1. The lowest BCUT2D eigenvalue weighted by Gasteiger charge is -2.28. The smallest absolute Gasteiger partial charge is 0.374 e. The molecule has 4 nitrogen and oxygen atoms in total. The highest BCUT2D eigenvalue weighted by atomic mass is 28.4. The van der Waals surface area contributed by atoms with Gasteiger partial charge in [0.25, 0.3) is 0 Å². The average Bonchev–Trinajstić information content (AvgIpc) is 2.48. The van der Waals surface area contributed by atoms with Gasteiger partial charge in [0.15, 0.2) is 0 Å². The molecule has 0 atom stereocenters. The van der Waals surface area contributed by atoms with E-state index in [1.54, 1.807) is 0 Å². The molecule has 0 aromatic rings. The zero-order chi connectivity index (χ0) is 21.4. The van der Waals surface area contributed by atoms with Crippen molar-refractivity contribution < 1.29 is 13.3 Å². The molecular formula is C20H51NO3Si3. The van der Waals surface area contributed by atoms with E-state index in [1.165, 1.54) is 32.1 Å². The topological polar surface area (TPSA) is 39.7 Å². The summed E-state index contributed by atoms with van der Waals surface area (Å²) in [6.45, 7) is 24.5. The molecule has 0 bridgehead atoms. The van der Waals surface area contributed by atoms with Gasteiger partial charge in [0.05, 0.1) is 0 Å². The van der Waals surface area contributed by atoms with Crippen molar-refractivity contribution in [3.8, 4) is 0 Å². The first kappa shape index (κ1) is 29.7. The molecular weight excluding hydrogens is 386 g/mol. The van der Waals surface area contributed by atoms with Gasteiger partial charge < -0.3 is 17.9 Å². The number of hydrogen-bond donors (Lipinski definition) is 1. The Morgan fingerprint density at radius 3 is 1.22 bits per heavy atom. The van der Waals surface area contributed by atoms with E-state index in [0.29, 0.717) is 19.8 Å². The second-order valence-electron chi connectivity index (χ2n) is 9.12. The zero-order valence-corrected chi connectivity index (χ0v) is 23.3. The Morgan fingerprint density at radius 1 is 0.556 bits per heavy atom. The molecule has 0 aliphatic rings. The highest BCUT2D eigenvalue weighted by Crippen LogP contribution is 2.20. The molecule has 27 heavy (non-hydrogen) atoms. The molecule has 0 heterocycles.